The van der Waals surface area contributed by atoms with E-state index in [0.717, 1.165) is 22.5 Å². The standard InChI is InChI=1S/C18H20F3N3O/c1-12-5-6-17(25)16(23-12)9-22-15-4-2-3-13-10-24(8-7-14(13)15)11-18(19,20)21/h2-6,22,25H,7-11H2,1H3. The van der Waals surface area contributed by atoms with Crippen molar-refractivity contribution in [3.8, 4) is 5.75 Å². The topological polar surface area (TPSA) is 48.4 Å². The number of nitrogens with zero attached hydrogens (tertiary/aromatic N) is 2. The molecule has 1 aliphatic heterocycles. The monoisotopic (exact) mass is 351 g/mol. The third-order valence-corrected chi connectivity index (χ3v) is 4.28. The molecular weight excluding hydrogens is 331 g/mol. The number of anilines is 1. The second-order valence-corrected chi connectivity index (χ2v) is 6.29. The Balaban J connectivity index is 1.73. The maximum Gasteiger partial charge on any atom is 0.401 e. The predicted octanol–water partition coefficient (Wildman–Crippen LogP) is 3.63. The highest BCUT2D eigenvalue weighted by molar-refractivity contribution is 5.56. The lowest BCUT2D eigenvalue weighted by Crippen LogP contribution is -2.38. The van der Waals surface area contributed by atoms with Crippen LogP contribution in [0.15, 0.2) is 30.3 Å². The summed E-state index contributed by atoms with van der Waals surface area (Å²) < 4.78 is 37.8. The van der Waals surface area contributed by atoms with Crippen LogP contribution in [0.5, 0.6) is 5.75 Å². The van der Waals surface area contributed by atoms with Crippen LogP contribution in [0.4, 0.5) is 18.9 Å². The Morgan fingerprint density at radius 2 is 2.04 bits per heavy atom. The van der Waals surface area contributed by atoms with Gasteiger partial charge in [-0.25, -0.2) is 0 Å². The fourth-order valence-electron chi connectivity index (χ4n) is 3.13. The van der Waals surface area contributed by atoms with Crippen molar-refractivity contribution in [3.63, 3.8) is 0 Å². The zero-order chi connectivity index (χ0) is 18.0. The van der Waals surface area contributed by atoms with Crippen molar-refractivity contribution in [2.24, 2.45) is 0 Å². The third-order valence-electron chi connectivity index (χ3n) is 4.28. The summed E-state index contributed by atoms with van der Waals surface area (Å²) in [5, 5.41) is 13.1. The van der Waals surface area contributed by atoms with Crippen LogP contribution in [-0.2, 0) is 19.5 Å². The lowest BCUT2D eigenvalue weighted by Gasteiger charge is -2.30. The molecule has 2 heterocycles. The number of halogens is 3. The molecule has 1 aromatic heterocycles. The molecule has 0 atom stereocenters. The molecule has 7 heteroatoms. The van der Waals surface area contributed by atoms with E-state index in [2.05, 4.69) is 10.3 Å². The van der Waals surface area contributed by atoms with Gasteiger partial charge in [0.05, 0.1) is 13.1 Å². The minimum atomic E-state index is -4.18. The van der Waals surface area contributed by atoms with Gasteiger partial charge in [0, 0.05) is 24.5 Å². The maximum atomic E-state index is 12.6. The summed E-state index contributed by atoms with van der Waals surface area (Å²) in [5.74, 6) is 0.124. The normalized spacial score (nSPS) is 15.0. The van der Waals surface area contributed by atoms with E-state index >= 15 is 0 Å². The number of hydrogen-bond donors (Lipinski definition) is 2. The molecule has 0 aliphatic carbocycles. The summed E-state index contributed by atoms with van der Waals surface area (Å²) in [6, 6.07) is 8.95. The molecule has 4 nitrogen and oxygen atoms in total. The van der Waals surface area contributed by atoms with Gasteiger partial charge in [-0.15, -0.1) is 0 Å². The van der Waals surface area contributed by atoms with Crippen molar-refractivity contribution in [2.45, 2.75) is 32.6 Å². The molecule has 0 unspecified atom stereocenters. The van der Waals surface area contributed by atoms with Gasteiger partial charge in [-0.05, 0) is 42.7 Å². The highest BCUT2D eigenvalue weighted by Gasteiger charge is 2.32. The van der Waals surface area contributed by atoms with Crippen molar-refractivity contribution in [1.82, 2.24) is 9.88 Å². The summed E-state index contributed by atoms with van der Waals surface area (Å²) in [5.41, 5.74) is 4.18. The fraction of sp³-hybridized carbons (Fsp3) is 0.389. The van der Waals surface area contributed by atoms with Crippen molar-refractivity contribution in [3.05, 3.63) is 52.8 Å². The van der Waals surface area contributed by atoms with Crippen LogP contribution in [0.1, 0.15) is 22.5 Å². The molecule has 25 heavy (non-hydrogen) atoms. The number of rotatable bonds is 4. The summed E-state index contributed by atoms with van der Waals surface area (Å²) in [6.07, 6.45) is -3.62. The van der Waals surface area contributed by atoms with Gasteiger partial charge >= 0.3 is 6.18 Å². The molecular formula is C18H20F3N3O. The maximum absolute atomic E-state index is 12.6. The number of hydrogen-bond acceptors (Lipinski definition) is 4. The van der Waals surface area contributed by atoms with E-state index in [-0.39, 0.29) is 12.3 Å². The first-order valence-electron chi connectivity index (χ1n) is 8.11. The molecule has 1 aromatic carbocycles. The first kappa shape index (κ1) is 17.5. The van der Waals surface area contributed by atoms with Crippen molar-refractivity contribution >= 4 is 5.69 Å². The van der Waals surface area contributed by atoms with Crippen LogP contribution in [0.25, 0.3) is 0 Å². The van der Waals surface area contributed by atoms with Gasteiger partial charge in [-0.1, -0.05) is 12.1 Å². The zero-order valence-electron chi connectivity index (χ0n) is 13.9. The summed E-state index contributed by atoms with van der Waals surface area (Å²) in [4.78, 5) is 5.72. The molecule has 2 aromatic rings. The van der Waals surface area contributed by atoms with E-state index in [1.165, 1.54) is 4.90 Å². The molecule has 0 saturated carbocycles. The third kappa shape index (κ3) is 4.42. The Labute approximate surface area is 144 Å². The number of aromatic hydroxyl groups is 1. The minimum Gasteiger partial charge on any atom is -0.506 e. The van der Waals surface area contributed by atoms with Gasteiger partial charge in [0.1, 0.15) is 11.4 Å². The predicted molar refractivity (Wildman–Crippen MR) is 89.4 cm³/mol. The van der Waals surface area contributed by atoms with Gasteiger partial charge in [-0.3, -0.25) is 9.88 Å². The fourth-order valence-corrected chi connectivity index (χ4v) is 3.13. The van der Waals surface area contributed by atoms with E-state index in [1.54, 1.807) is 12.1 Å². The smallest absolute Gasteiger partial charge is 0.401 e. The number of nitrogens with one attached hydrogen (secondary N) is 1. The first-order valence-corrected chi connectivity index (χ1v) is 8.11. The molecule has 0 spiro atoms. The van der Waals surface area contributed by atoms with Gasteiger partial charge in [-0.2, -0.15) is 13.2 Å². The molecule has 0 fully saturated rings. The van der Waals surface area contributed by atoms with Crippen molar-refractivity contribution in [2.75, 3.05) is 18.4 Å². The molecule has 0 radical (unpaired) electrons. The van der Waals surface area contributed by atoms with Crippen LogP contribution in [-0.4, -0.2) is 34.3 Å². The van der Waals surface area contributed by atoms with Crippen LogP contribution >= 0.6 is 0 Å². The summed E-state index contributed by atoms with van der Waals surface area (Å²) in [6.45, 7) is 1.99. The molecule has 0 amide bonds. The lowest BCUT2D eigenvalue weighted by atomic mass is 9.97. The molecule has 3 rings (SSSR count). The highest BCUT2D eigenvalue weighted by atomic mass is 19.4. The summed E-state index contributed by atoms with van der Waals surface area (Å²) >= 11 is 0. The van der Waals surface area contributed by atoms with E-state index in [4.69, 9.17) is 0 Å². The number of aromatic nitrogens is 1. The summed E-state index contributed by atoms with van der Waals surface area (Å²) in [7, 11) is 0. The Morgan fingerprint density at radius 3 is 2.80 bits per heavy atom. The number of benzene rings is 1. The molecule has 0 saturated heterocycles. The van der Waals surface area contributed by atoms with Gasteiger partial charge in [0.15, 0.2) is 0 Å². The van der Waals surface area contributed by atoms with Gasteiger partial charge in [0.2, 0.25) is 0 Å². The lowest BCUT2D eigenvalue weighted by molar-refractivity contribution is -0.147. The molecule has 2 N–H and O–H groups in total. The van der Waals surface area contributed by atoms with Crippen LogP contribution in [0.3, 0.4) is 0 Å². The van der Waals surface area contributed by atoms with Crippen LogP contribution in [0, 0.1) is 6.92 Å². The Morgan fingerprint density at radius 1 is 1.24 bits per heavy atom. The van der Waals surface area contributed by atoms with E-state index in [0.29, 0.717) is 25.2 Å². The van der Waals surface area contributed by atoms with Gasteiger partial charge < -0.3 is 10.4 Å². The average molecular weight is 351 g/mol. The number of aryl methyl sites for hydroxylation is 1. The molecule has 134 valence electrons. The quantitative estimate of drug-likeness (QED) is 0.883. The van der Waals surface area contributed by atoms with Crippen LogP contribution < -0.4 is 5.32 Å². The SMILES string of the molecule is Cc1ccc(O)c(CNc2cccc3c2CCN(CC(F)(F)F)C3)n1. The number of pyridine rings is 1. The van der Waals surface area contributed by atoms with E-state index < -0.39 is 12.7 Å². The Bertz CT molecular complexity index is 762. The Kier molecular flexibility index (Phi) is 4.85. The highest BCUT2D eigenvalue weighted by Crippen LogP contribution is 2.29. The van der Waals surface area contributed by atoms with Crippen molar-refractivity contribution < 1.29 is 18.3 Å². The first-order chi connectivity index (χ1) is 11.8. The largest absolute Gasteiger partial charge is 0.506 e. The van der Waals surface area contributed by atoms with E-state index in [1.807, 2.05) is 25.1 Å². The average Bonchev–Trinajstić information content (AvgIpc) is 2.54. The van der Waals surface area contributed by atoms with Gasteiger partial charge in [0.25, 0.3) is 0 Å². The number of alkyl halides is 3. The van der Waals surface area contributed by atoms with Crippen LogP contribution in [0.2, 0.25) is 0 Å². The molecule has 1 aliphatic rings. The minimum absolute atomic E-state index is 0.124. The van der Waals surface area contributed by atoms with E-state index in [9.17, 15) is 18.3 Å². The molecule has 0 bridgehead atoms. The zero-order valence-corrected chi connectivity index (χ0v) is 13.9. The number of fused-ring (bicyclic) bond motifs is 1. The van der Waals surface area contributed by atoms with Crippen molar-refractivity contribution in [1.29, 1.82) is 0 Å². The second-order valence-electron chi connectivity index (χ2n) is 6.29. The Hall–Kier alpha value is -2.28. The second kappa shape index (κ2) is 6.92.